The van der Waals surface area contributed by atoms with Crippen molar-refractivity contribution in [2.24, 2.45) is 0 Å². The summed E-state index contributed by atoms with van der Waals surface area (Å²) in [5.41, 5.74) is 0. The van der Waals surface area contributed by atoms with E-state index in [0.717, 1.165) is 0 Å². The van der Waals surface area contributed by atoms with Gasteiger partial charge in [-0.2, -0.15) is 4.31 Å². The molecule has 1 aromatic rings. The zero-order chi connectivity index (χ0) is 13.2. The fourth-order valence-electron chi connectivity index (χ4n) is 1.64. The van der Waals surface area contributed by atoms with Crippen LogP contribution in [0.1, 0.15) is 0 Å². The number of likely N-dealkylation sites (N-methyl/N-ethyl adjacent to an activating group) is 1. The number of rotatable bonds is 4. The van der Waals surface area contributed by atoms with Gasteiger partial charge in [-0.15, -0.1) is 0 Å². The van der Waals surface area contributed by atoms with Crippen molar-refractivity contribution in [1.29, 1.82) is 0 Å². The van der Waals surface area contributed by atoms with Crippen molar-refractivity contribution < 1.29 is 17.9 Å². The molecule has 5 nitrogen and oxygen atoms in total. The smallest absolute Gasteiger partial charge is 0.244 e. The Bertz CT molecular complexity index is 514. The van der Waals surface area contributed by atoms with Gasteiger partial charge in [-0.25, -0.2) is 8.42 Å². The van der Waals surface area contributed by atoms with E-state index in [4.69, 9.17) is 9.47 Å². The zero-order valence-corrected chi connectivity index (χ0v) is 12.3. The zero-order valence-electron chi connectivity index (χ0n) is 9.87. The molecule has 18 heavy (non-hydrogen) atoms. The lowest BCUT2D eigenvalue weighted by molar-refractivity contribution is -0.0482. The summed E-state index contributed by atoms with van der Waals surface area (Å²) >= 11 is 3.24. The van der Waals surface area contributed by atoms with Crippen LogP contribution < -0.4 is 0 Å². The van der Waals surface area contributed by atoms with Crippen LogP contribution >= 0.6 is 15.9 Å². The van der Waals surface area contributed by atoms with Gasteiger partial charge in [-0.3, -0.25) is 0 Å². The third-order valence-electron chi connectivity index (χ3n) is 2.62. The standard InChI is InChI=1S/C11H14BrNO4S/c1-13(8-11-16-6-7-17-11)18(14,15)10-5-3-2-4-9(10)12/h2-5,11H,6-8H2,1H3. The monoisotopic (exact) mass is 335 g/mol. The first-order valence-corrected chi connectivity index (χ1v) is 7.69. The van der Waals surface area contributed by atoms with Crippen LogP contribution in [0.3, 0.4) is 0 Å². The molecule has 1 fully saturated rings. The lowest BCUT2D eigenvalue weighted by Gasteiger charge is -2.20. The highest BCUT2D eigenvalue weighted by Gasteiger charge is 2.27. The molecule has 0 N–H and O–H groups in total. The summed E-state index contributed by atoms with van der Waals surface area (Å²) in [5.74, 6) is 0. The third kappa shape index (κ3) is 2.92. The average Bonchev–Trinajstić information content (AvgIpc) is 2.82. The van der Waals surface area contributed by atoms with Crippen molar-refractivity contribution in [1.82, 2.24) is 4.31 Å². The van der Waals surface area contributed by atoms with Crippen LogP contribution in [-0.2, 0) is 19.5 Å². The predicted octanol–water partition coefficient (Wildman–Crippen LogP) is 1.44. The number of hydrogen-bond donors (Lipinski definition) is 0. The molecule has 0 unspecified atom stereocenters. The highest BCUT2D eigenvalue weighted by molar-refractivity contribution is 9.10. The Morgan fingerprint density at radius 1 is 1.33 bits per heavy atom. The van der Waals surface area contributed by atoms with E-state index in [1.807, 2.05) is 0 Å². The molecule has 0 atom stereocenters. The topological polar surface area (TPSA) is 55.8 Å². The molecule has 0 bridgehead atoms. The van der Waals surface area contributed by atoms with E-state index in [1.165, 1.54) is 11.4 Å². The van der Waals surface area contributed by atoms with E-state index in [1.54, 1.807) is 24.3 Å². The minimum absolute atomic E-state index is 0.184. The van der Waals surface area contributed by atoms with Crippen molar-refractivity contribution in [2.45, 2.75) is 11.2 Å². The highest BCUT2D eigenvalue weighted by Crippen LogP contribution is 2.24. The Morgan fingerprint density at radius 3 is 2.56 bits per heavy atom. The van der Waals surface area contributed by atoms with Crippen molar-refractivity contribution in [2.75, 3.05) is 26.8 Å². The Morgan fingerprint density at radius 2 is 1.94 bits per heavy atom. The summed E-state index contributed by atoms with van der Waals surface area (Å²) in [4.78, 5) is 0.241. The fourth-order valence-corrected chi connectivity index (χ4v) is 3.76. The first-order valence-electron chi connectivity index (χ1n) is 5.46. The van der Waals surface area contributed by atoms with Crippen molar-refractivity contribution in [3.05, 3.63) is 28.7 Å². The molecule has 1 saturated heterocycles. The van der Waals surface area contributed by atoms with Crippen molar-refractivity contribution in [3.63, 3.8) is 0 Å². The van der Waals surface area contributed by atoms with Crippen LogP contribution in [-0.4, -0.2) is 45.8 Å². The number of ether oxygens (including phenoxy) is 2. The van der Waals surface area contributed by atoms with Crippen LogP contribution in [0.2, 0.25) is 0 Å². The minimum Gasteiger partial charge on any atom is -0.349 e. The predicted molar refractivity (Wildman–Crippen MR) is 69.6 cm³/mol. The summed E-state index contributed by atoms with van der Waals surface area (Å²) in [6.07, 6.45) is -0.479. The molecule has 0 aromatic heterocycles. The van der Waals surface area contributed by atoms with Crippen molar-refractivity contribution in [3.8, 4) is 0 Å². The second-order valence-corrected chi connectivity index (χ2v) is 6.75. The van der Waals surface area contributed by atoms with Gasteiger partial charge in [0.2, 0.25) is 10.0 Å². The second-order valence-electron chi connectivity index (χ2n) is 3.89. The van der Waals surface area contributed by atoms with Gasteiger partial charge in [-0.05, 0) is 28.1 Å². The second kappa shape index (κ2) is 5.66. The quantitative estimate of drug-likeness (QED) is 0.835. The molecule has 1 aliphatic heterocycles. The van der Waals surface area contributed by atoms with Gasteiger partial charge in [-0.1, -0.05) is 12.1 Å². The first-order chi connectivity index (χ1) is 8.51. The van der Waals surface area contributed by atoms with E-state index in [2.05, 4.69) is 15.9 Å². The normalized spacial score (nSPS) is 17.5. The molecule has 0 saturated carbocycles. The first kappa shape index (κ1) is 14.0. The molecule has 100 valence electrons. The lowest BCUT2D eigenvalue weighted by atomic mass is 10.4. The van der Waals surface area contributed by atoms with Crippen LogP contribution in [0.4, 0.5) is 0 Å². The summed E-state index contributed by atoms with van der Waals surface area (Å²) in [5, 5.41) is 0. The van der Waals surface area contributed by atoms with Gasteiger partial charge in [0.1, 0.15) is 0 Å². The van der Waals surface area contributed by atoms with E-state index >= 15 is 0 Å². The number of sulfonamides is 1. The van der Waals surface area contributed by atoms with E-state index in [0.29, 0.717) is 17.7 Å². The molecule has 1 aromatic carbocycles. The molecule has 7 heteroatoms. The number of nitrogens with zero attached hydrogens (tertiary/aromatic N) is 1. The van der Waals surface area contributed by atoms with Crippen LogP contribution in [0, 0.1) is 0 Å². The molecule has 0 spiro atoms. The Balaban J connectivity index is 2.17. The average molecular weight is 336 g/mol. The lowest BCUT2D eigenvalue weighted by Crippen LogP contribution is -2.35. The third-order valence-corrected chi connectivity index (χ3v) is 5.46. The molecule has 0 radical (unpaired) electrons. The summed E-state index contributed by atoms with van der Waals surface area (Å²) < 4.78 is 36.9. The number of benzene rings is 1. The molecular formula is C11H14BrNO4S. The van der Waals surface area contributed by atoms with E-state index < -0.39 is 16.3 Å². The maximum atomic E-state index is 12.3. The van der Waals surface area contributed by atoms with Crippen LogP contribution in [0.15, 0.2) is 33.6 Å². The molecule has 1 heterocycles. The van der Waals surface area contributed by atoms with Gasteiger partial charge >= 0.3 is 0 Å². The van der Waals surface area contributed by atoms with Crippen LogP contribution in [0.5, 0.6) is 0 Å². The maximum Gasteiger partial charge on any atom is 0.244 e. The van der Waals surface area contributed by atoms with Gasteiger partial charge in [0.25, 0.3) is 0 Å². The Labute approximate surface area is 115 Å². The van der Waals surface area contributed by atoms with Crippen molar-refractivity contribution >= 4 is 26.0 Å². The Kier molecular flexibility index (Phi) is 4.39. The molecular weight excluding hydrogens is 322 g/mol. The molecule has 1 aliphatic rings. The minimum atomic E-state index is -3.53. The van der Waals surface area contributed by atoms with Gasteiger partial charge in [0.15, 0.2) is 6.29 Å². The van der Waals surface area contributed by atoms with Crippen LogP contribution in [0.25, 0.3) is 0 Å². The van der Waals surface area contributed by atoms with Gasteiger partial charge < -0.3 is 9.47 Å². The SMILES string of the molecule is CN(CC1OCCO1)S(=O)(=O)c1ccccc1Br. The molecule has 0 amide bonds. The number of halogens is 1. The maximum absolute atomic E-state index is 12.3. The van der Waals surface area contributed by atoms with Gasteiger partial charge in [0.05, 0.1) is 24.7 Å². The largest absolute Gasteiger partial charge is 0.349 e. The van der Waals surface area contributed by atoms with E-state index in [9.17, 15) is 8.42 Å². The molecule has 2 rings (SSSR count). The Hall–Kier alpha value is -0.470. The summed E-state index contributed by atoms with van der Waals surface area (Å²) in [7, 11) is -2.02. The summed E-state index contributed by atoms with van der Waals surface area (Å²) in [6, 6.07) is 6.72. The highest BCUT2D eigenvalue weighted by atomic mass is 79.9. The number of hydrogen-bond acceptors (Lipinski definition) is 4. The van der Waals surface area contributed by atoms with Gasteiger partial charge in [0, 0.05) is 11.5 Å². The fraction of sp³-hybridized carbons (Fsp3) is 0.455. The van der Waals surface area contributed by atoms with E-state index in [-0.39, 0.29) is 11.4 Å². The summed E-state index contributed by atoms with van der Waals surface area (Å²) in [6.45, 7) is 1.20. The molecule has 0 aliphatic carbocycles.